The van der Waals surface area contributed by atoms with Gasteiger partial charge in [-0.05, 0) is 61.7 Å². The molecule has 0 saturated carbocycles. The number of pyridine rings is 1. The largest absolute Gasteiger partial charge is 0.462 e. The Hall–Kier alpha value is -2.25. The molecule has 132 valence electrons. The van der Waals surface area contributed by atoms with Crippen LogP contribution in [0.2, 0.25) is 0 Å². The number of aromatic nitrogens is 1. The topological polar surface area (TPSA) is 76.6 Å². The summed E-state index contributed by atoms with van der Waals surface area (Å²) in [6, 6.07) is 9.42. The van der Waals surface area contributed by atoms with E-state index in [-0.39, 0.29) is 17.5 Å². The molecule has 1 aromatic carbocycles. The summed E-state index contributed by atoms with van der Waals surface area (Å²) in [6.07, 6.45) is 4.94. The van der Waals surface area contributed by atoms with Gasteiger partial charge in [-0.3, -0.25) is 4.98 Å². The Bertz CT molecular complexity index is 835. The van der Waals surface area contributed by atoms with Gasteiger partial charge in [0.2, 0.25) is 10.0 Å². The second kappa shape index (κ2) is 7.33. The van der Waals surface area contributed by atoms with E-state index in [4.69, 9.17) is 4.74 Å². The number of carbonyl (C=O) groups excluding carboxylic acids is 1. The summed E-state index contributed by atoms with van der Waals surface area (Å²) in [5.41, 5.74) is 1.28. The summed E-state index contributed by atoms with van der Waals surface area (Å²) < 4.78 is 32.5. The SMILES string of the molecule is CCOC(=O)c1ccc(S(=O)(=O)N2CCC[C@H]2c2ccncc2)cc1. The minimum absolute atomic E-state index is 0.182. The zero-order valence-electron chi connectivity index (χ0n) is 14.0. The molecule has 25 heavy (non-hydrogen) atoms. The molecule has 0 bridgehead atoms. The van der Waals surface area contributed by atoms with E-state index in [1.54, 1.807) is 19.3 Å². The lowest BCUT2D eigenvalue weighted by molar-refractivity contribution is 0.0526. The summed E-state index contributed by atoms with van der Waals surface area (Å²) in [6.45, 7) is 2.48. The predicted molar refractivity (Wildman–Crippen MR) is 92.5 cm³/mol. The second-order valence-corrected chi connectivity index (χ2v) is 7.69. The molecule has 1 aromatic heterocycles. The number of ether oxygens (including phenoxy) is 1. The third kappa shape index (κ3) is 3.57. The van der Waals surface area contributed by atoms with Crippen LogP contribution in [0, 0.1) is 0 Å². The van der Waals surface area contributed by atoms with Crippen LogP contribution in [-0.2, 0) is 14.8 Å². The lowest BCUT2D eigenvalue weighted by Gasteiger charge is -2.24. The van der Waals surface area contributed by atoms with Gasteiger partial charge in [-0.15, -0.1) is 0 Å². The summed E-state index contributed by atoms with van der Waals surface area (Å²) in [4.78, 5) is 15.9. The highest BCUT2D eigenvalue weighted by Gasteiger charge is 2.36. The van der Waals surface area contributed by atoms with E-state index in [1.165, 1.54) is 28.6 Å². The van der Waals surface area contributed by atoms with Gasteiger partial charge in [0.1, 0.15) is 0 Å². The Morgan fingerprint density at radius 3 is 2.52 bits per heavy atom. The van der Waals surface area contributed by atoms with Gasteiger partial charge in [-0.2, -0.15) is 4.31 Å². The van der Waals surface area contributed by atoms with Crippen molar-refractivity contribution in [2.75, 3.05) is 13.2 Å². The van der Waals surface area contributed by atoms with E-state index in [1.807, 2.05) is 12.1 Å². The second-order valence-electron chi connectivity index (χ2n) is 5.80. The van der Waals surface area contributed by atoms with Crippen molar-refractivity contribution in [1.29, 1.82) is 0 Å². The van der Waals surface area contributed by atoms with Gasteiger partial charge in [0.05, 0.1) is 23.1 Å². The van der Waals surface area contributed by atoms with Crippen LogP contribution in [0.4, 0.5) is 0 Å². The molecule has 0 unspecified atom stereocenters. The Balaban J connectivity index is 1.87. The van der Waals surface area contributed by atoms with Gasteiger partial charge in [-0.25, -0.2) is 13.2 Å². The molecule has 0 N–H and O–H groups in total. The Morgan fingerprint density at radius 1 is 1.20 bits per heavy atom. The maximum Gasteiger partial charge on any atom is 0.338 e. The Morgan fingerprint density at radius 2 is 1.88 bits per heavy atom. The van der Waals surface area contributed by atoms with Gasteiger partial charge in [0.25, 0.3) is 0 Å². The van der Waals surface area contributed by atoms with Crippen LogP contribution in [0.1, 0.15) is 41.7 Å². The molecule has 6 nitrogen and oxygen atoms in total. The maximum absolute atomic E-state index is 13.0. The van der Waals surface area contributed by atoms with Crippen LogP contribution in [0.15, 0.2) is 53.7 Å². The molecule has 1 aliphatic heterocycles. The molecule has 1 aliphatic rings. The zero-order chi connectivity index (χ0) is 17.9. The molecule has 7 heteroatoms. The molecule has 3 rings (SSSR count). The molecule has 0 amide bonds. The highest BCUT2D eigenvalue weighted by atomic mass is 32.2. The number of carbonyl (C=O) groups is 1. The average Bonchev–Trinajstić information content (AvgIpc) is 3.13. The number of esters is 1. The lowest BCUT2D eigenvalue weighted by atomic mass is 10.1. The van der Waals surface area contributed by atoms with Crippen molar-refractivity contribution in [1.82, 2.24) is 9.29 Å². The fraction of sp³-hybridized carbons (Fsp3) is 0.333. The molecule has 1 saturated heterocycles. The number of sulfonamides is 1. The fourth-order valence-electron chi connectivity index (χ4n) is 3.06. The van der Waals surface area contributed by atoms with Crippen LogP contribution >= 0.6 is 0 Å². The van der Waals surface area contributed by atoms with Crippen molar-refractivity contribution in [2.24, 2.45) is 0 Å². The number of hydrogen-bond acceptors (Lipinski definition) is 5. The van der Waals surface area contributed by atoms with Crippen LogP contribution < -0.4 is 0 Å². The van der Waals surface area contributed by atoms with Crippen molar-refractivity contribution in [3.05, 3.63) is 59.9 Å². The van der Waals surface area contributed by atoms with Crippen LogP contribution in [-0.4, -0.2) is 36.8 Å². The Kier molecular flexibility index (Phi) is 5.15. The van der Waals surface area contributed by atoms with Crippen molar-refractivity contribution in [3.63, 3.8) is 0 Å². The fourth-order valence-corrected chi connectivity index (χ4v) is 4.74. The minimum Gasteiger partial charge on any atom is -0.462 e. The standard InChI is InChI=1S/C18H20N2O4S/c1-2-24-18(21)15-5-7-16(8-6-15)25(22,23)20-13-3-4-17(20)14-9-11-19-12-10-14/h5-12,17H,2-4,13H2,1H3/t17-/m0/s1. The predicted octanol–water partition coefficient (Wildman–Crippen LogP) is 2.78. The summed E-state index contributed by atoms with van der Waals surface area (Å²) in [5, 5.41) is 0. The van der Waals surface area contributed by atoms with Crippen LogP contribution in [0.25, 0.3) is 0 Å². The first-order valence-corrected chi connectivity index (χ1v) is 9.67. The van der Waals surface area contributed by atoms with E-state index < -0.39 is 16.0 Å². The van der Waals surface area contributed by atoms with Gasteiger partial charge < -0.3 is 4.74 Å². The summed E-state index contributed by atoms with van der Waals surface area (Å²) >= 11 is 0. The van der Waals surface area contributed by atoms with E-state index in [9.17, 15) is 13.2 Å². The van der Waals surface area contributed by atoms with Gasteiger partial charge in [0, 0.05) is 18.9 Å². The monoisotopic (exact) mass is 360 g/mol. The molecule has 1 atom stereocenters. The summed E-state index contributed by atoms with van der Waals surface area (Å²) in [5.74, 6) is -0.456. The number of benzene rings is 1. The molecule has 2 aromatic rings. The van der Waals surface area contributed by atoms with Crippen molar-refractivity contribution < 1.29 is 17.9 Å². The number of hydrogen-bond donors (Lipinski definition) is 0. The third-order valence-corrected chi connectivity index (χ3v) is 6.19. The highest BCUT2D eigenvalue weighted by Crippen LogP contribution is 2.36. The quantitative estimate of drug-likeness (QED) is 0.766. The third-order valence-electron chi connectivity index (χ3n) is 4.27. The summed E-state index contributed by atoms with van der Waals surface area (Å²) in [7, 11) is -3.63. The van der Waals surface area contributed by atoms with Crippen molar-refractivity contribution >= 4 is 16.0 Å². The average molecular weight is 360 g/mol. The normalized spacial score (nSPS) is 18.2. The highest BCUT2D eigenvalue weighted by molar-refractivity contribution is 7.89. The number of rotatable bonds is 5. The van der Waals surface area contributed by atoms with Gasteiger partial charge in [0.15, 0.2) is 0 Å². The Labute approximate surface area is 147 Å². The zero-order valence-corrected chi connectivity index (χ0v) is 14.8. The van der Waals surface area contributed by atoms with Gasteiger partial charge in [-0.1, -0.05) is 0 Å². The molecule has 0 aliphatic carbocycles. The van der Waals surface area contributed by atoms with Gasteiger partial charge >= 0.3 is 5.97 Å². The molecule has 0 radical (unpaired) electrons. The van der Waals surface area contributed by atoms with Crippen LogP contribution in [0.3, 0.4) is 0 Å². The lowest BCUT2D eigenvalue weighted by Crippen LogP contribution is -2.30. The van der Waals surface area contributed by atoms with E-state index in [2.05, 4.69) is 4.98 Å². The van der Waals surface area contributed by atoms with E-state index in [0.717, 1.165) is 18.4 Å². The molecule has 0 spiro atoms. The van der Waals surface area contributed by atoms with Crippen LogP contribution in [0.5, 0.6) is 0 Å². The molecule has 1 fully saturated rings. The smallest absolute Gasteiger partial charge is 0.338 e. The first-order valence-electron chi connectivity index (χ1n) is 8.23. The van der Waals surface area contributed by atoms with E-state index >= 15 is 0 Å². The first kappa shape index (κ1) is 17.6. The van der Waals surface area contributed by atoms with Crippen molar-refractivity contribution in [2.45, 2.75) is 30.7 Å². The van der Waals surface area contributed by atoms with Crippen molar-refractivity contribution in [3.8, 4) is 0 Å². The maximum atomic E-state index is 13.0. The first-order chi connectivity index (χ1) is 12.0. The molecular formula is C18H20N2O4S. The molecular weight excluding hydrogens is 340 g/mol. The van der Waals surface area contributed by atoms with E-state index in [0.29, 0.717) is 12.1 Å². The number of nitrogens with zero attached hydrogens (tertiary/aromatic N) is 2. The molecule has 2 heterocycles. The minimum atomic E-state index is -3.63.